The van der Waals surface area contributed by atoms with Crippen molar-refractivity contribution >= 4 is 0 Å². The van der Waals surface area contributed by atoms with Crippen molar-refractivity contribution in [2.24, 2.45) is 0 Å². The molecular weight excluding hydrogens is 252 g/mol. The zero-order valence-corrected chi connectivity index (χ0v) is 11.1. The molecule has 106 valence electrons. The number of benzene rings is 1. The number of aliphatic hydroxyl groups is 1. The van der Waals surface area contributed by atoms with Crippen LogP contribution in [0.1, 0.15) is 25.5 Å². The van der Waals surface area contributed by atoms with Crippen molar-refractivity contribution in [2.75, 3.05) is 19.7 Å². The maximum Gasteiger partial charge on any atom is 0.131 e. The lowest BCUT2D eigenvalue weighted by Crippen LogP contribution is -2.48. The second-order valence-electron chi connectivity index (χ2n) is 5.13. The Hall–Kier alpha value is -1.04. The second-order valence-corrected chi connectivity index (χ2v) is 5.13. The summed E-state index contributed by atoms with van der Waals surface area (Å²) in [5, 5.41) is 10.1. The highest BCUT2D eigenvalue weighted by molar-refractivity contribution is 5.21. The van der Waals surface area contributed by atoms with Gasteiger partial charge in [0, 0.05) is 30.8 Å². The molecule has 3 nitrogen and oxygen atoms in total. The number of nitrogens with zero attached hydrogens (tertiary/aromatic N) is 1. The summed E-state index contributed by atoms with van der Waals surface area (Å²) >= 11 is 0. The predicted molar refractivity (Wildman–Crippen MR) is 67.8 cm³/mol. The Morgan fingerprint density at radius 3 is 2.84 bits per heavy atom. The van der Waals surface area contributed by atoms with E-state index in [0.29, 0.717) is 19.7 Å². The van der Waals surface area contributed by atoms with Crippen LogP contribution in [0.25, 0.3) is 0 Å². The molecule has 1 fully saturated rings. The topological polar surface area (TPSA) is 32.7 Å². The molecule has 1 heterocycles. The number of ether oxygens (including phenoxy) is 1. The molecule has 0 radical (unpaired) electrons. The molecule has 0 aromatic heterocycles. The van der Waals surface area contributed by atoms with Gasteiger partial charge in [0.25, 0.3) is 0 Å². The van der Waals surface area contributed by atoms with Crippen molar-refractivity contribution < 1.29 is 18.6 Å². The van der Waals surface area contributed by atoms with Crippen LogP contribution < -0.4 is 0 Å². The lowest BCUT2D eigenvalue weighted by atomic mass is 10.1. The molecule has 0 aliphatic carbocycles. The molecule has 1 N–H and O–H groups in total. The summed E-state index contributed by atoms with van der Waals surface area (Å²) in [7, 11) is 0. The van der Waals surface area contributed by atoms with E-state index in [0.717, 1.165) is 12.1 Å². The molecule has 2 rings (SSSR count). The van der Waals surface area contributed by atoms with E-state index >= 15 is 0 Å². The maximum atomic E-state index is 13.6. The molecule has 3 atom stereocenters. The molecule has 1 aliphatic heterocycles. The minimum Gasteiger partial charge on any atom is -0.387 e. The van der Waals surface area contributed by atoms with Crippen LogP contribution in [-0.4, -0.2) is 41.8 Å². The quantitative estimate of drug-likeness (QED) is 0.914. The molecule has 19 heavy (non-hydrogen) atoms. The third-order valence-electron chi connectivity index (χ3n) is 3.47. The van der Waals surface area contributed by atoms with E-state index in [2.05, 4.69) is 4.90 Å². The summed E-state index contributed by atoms with van der Waals surface area (Å²) in [6.07, 6.45) is -0.866. The van der Waals surface area contributed by atoms with E-state index < -0.39 is 17.7 Å². The maximum absolute atomic E-state index is 13.6. The van der Waals surface area contributed by atoms with Crippen LogP contribution in [0.4, 0.5) is 8.78 Å². The molecule has 5 heteroatoms. The van der Waals surface area contributed by atoms with Crippen molar-refractivity contribution in [3.63, 3.8) is 0 Å². The lowest BCUT2D eigenvalue weighted by Gasteiger charge is -2.37. The lowest BCUT2D eigenvalue weighted by molar-refractivity contribution is -0.0622. The van der Waals surface area contributed by atoms with Crippen molar-refractivity contribution in [3.8, 4) is 0 Å². The Kier molecular flexibility index (Phi) is 4.50. The number of morpholine rings is 1. The molecule has 0 spiro atoms. The molecule has 0 amide bonds. The monoisotopic (exact) mass is 271 g/mol. The Morgan fingerprint density at radius 2 is 2.16 bits per heavy atom. The summed E-state index contributed by atoms with van der Waals surface area (Å²) in [4.78, 5) is 2.06. The van der Waals surface area contributed by atoms with Crippen LogP contribution in [0, 0.1) is 11.6 Å². The SMILES string of the molecule is CC1CN(CC(O)c2ccc(F)cc2F)C(C)CO1. The number of halogens is 2. The van der Waals surface area contributed by atoms with Crippen LogP contribution in [0.2, 0.25) is 0 Å². The highest BCUT2D eigenvalue weighted by Crippen LogP contribution is 2.21. The van der Waals surface area contributed by atoms with E-state index in [1.165, 1.54) is 6.07 Å². The van der Waals surface area contributed by atoms with Gasteiger partial charge in [-0.1, -0.05) is 6.07 Å². The molecular formula is C14H19F2NO2. The fourth-order valence-electron chi connectivity index (χ4n) is 2.32. The first-order valence-electron chi connectivity index (χ1n) is 6.46. The number of hydrogen-bond acceptors (Lipinski definition) is 3. The van der Waals surface area contributed by atoms with Gasteiger partial charge in [0.15, 0.2) is 0 Å². The normalized spacial score (nSPS) is 26.4. The number of hydrogen-bond donors (Lipinski definition) is 1. The Bertz CT molecular complexity index is 441. The summed E-state index contributed by atoms with van der Waals surface area (Å²) < 4.78 is 31.9. The summed E-state index contributed by atoms with van der Waals surface area (Å²) in [5.74, 6) is -1.34. The smallest absolute Gasteiger partial charge is 0.131 e. The van der Waals surface area contributed by atoms with E-state index in [9.17, 15) is 13.9 Å². The van der Waals surface area contributed by atoms with Crippen LogP contribution >= 0.6 is 0 Å². The zero-order chi connectivity index (χ0) is 14.0. The minimum atomic E-state index is -0.964. The summed E-state index contributed by atoms with van der Waals surface area (Å²) in [6.45, 7) is 5.57. The first-order chi connectivity index (χ1) is 8.97. The first-order valence-corrected chi connectivity index (χ1v) is 6.46. The van der Waals surface area contributed by atoms with E-state index in [-0.39, 0.29) is 17.7 Å². The Labute approximate surface area is 111 Å². The van der Waals surface area contributed by atoms with Crippen molar-refractivity contribution in [3.05, 3.63) is 35.4 Å². The average molecular weight is 271 g/mol. The predicted octanol–water partition coefficient (Wildman–Crippen LogP) is 2.11. The largest absolute Gasteiger partial charge is 0.387 e. The van der Waals surface area contributed by atoms with Gasteiger partial charge >= 0.3 is 0 Å². The highest BCUT2D eigenvalue weighted by Gasteiger charge is 2.26. The van der Waals surface area contributed by atoms with Crippen molar-refractivity contribution in [1.29, 1.82) is 0 Å². The van der Waals surface area contributed by atoms with Gasteiger partial charge in [-0.25, -0.2) is 8.78 Å². The van der Waals surface area contributed by atoms with Gasteiger partial charge in [-0.2, -0.15) is 0 Å². The fraction of sp³-hybridized carbons (Fsp3) is 0.571. The van der Waals surface area contributed by atoms with Crippen LogP contribution in [0.5, 0.6) is 0 Å². The van der Waals surface area contributed by atoms with Gasteiger partial charge < -0.3 is 9.84 Å². The highest BCUT2D eigenvalue weighted by atomic mass is 19.1. The first kappa shape index (κ1) is 14.4. The summed E-state index contributed by atoms with van der Waals surface area (Å²) in [5.41, 5.74) is 0.132. The van der Waals surface area contributed by atoms with E-state index in [1.807, 2.05) is 13.8 Å². The van der Waals surface area contributed by atoms with Gasteiger partial charge in [-0.05, 0) is 19.9 Å². The van der Waals surface area contributed by atoms with Crippen LogP contribution in [0.15, 0.2) is 18.2 Å². The Balaban J connectivity index is 2.05. The van der Waals surface area contributed by atoms with E-state index in [1.54, 1.807) is 0 Å². The van der Waals surface area contributed by atoms with Gasteiger partial charge in [0.2, 0.25) is 0 Å². The fourth-order valence-corrected chi connectivity index (χ4v) is 2.32. The summed E-state index contributed by atoms with van der Waals surface area (Å²) in [6, 6.07) is 3.43. The number of β-amino-alcohol motifs (C(OH)–C–C–N with tert-alkyl or cyclic N) is 1. The minimum absolute atomic E-state index is 0.0986. The molecule has 1 aliphatic rings. The van der Waals surface area contributed by atoms with Gasteiger partial charge in [0.1, 0.15) is 11.6 Å². The molecule has 0 saturated carbocycles. The molecule has 1 aromatic carbocycles. The molecule has 1 saturated heterocycles. The third-order valence-corrected chi connectivity index (χ3v) is 3.47. The molecule has 0 bridgehead atoms. The van der Waals surface area contributed by atoms with Gasteiger partial charge in [0.05, 0.1) is 18.8 Å². The zero-order valence-electron chi connectivity index (χ0n) is 11.1. The second kappa shape index (κ2) is 5.94. The van der Waals surface area contributed by atoms with Crippen molar-refractivity contribution in [1.82, 2.24) is 4.90 Å². The Morgan fingerprint density at radius 1 is 1.42 bits per heavy atom. The van der Waals surface area contributed by atoms with Crippen molar-refractivity contribution in [2.45, 2.75) is 32.1 Å². The van der Waals surface area contributed by atoms with Crippen LogP contribution in [0.3, 0.4) is 0 Å². The third kappa shape index (κ3) is 3.49. The van der Waals surface area contributed by atoms with Gasteiger partial charge in [-0.15, -0.1) is 0 Å². The van der Waals surface area contributed by atoms with Crippen LogP contribution in [-0.2, 0) is 4.74 Å². The standard InChI is InChI=1S/C14H19F2NO2/c1-9-8-19-10(2)6-17(9)7-14(18)12-4-3-11(15)5-13(12)16/h3-5,9-10,14,18H,6-8H2,1-2H3. The molecule has 3 unspecified atom stereocenters. The van der Waals surface area contributed by atoms with Gasteiger partial charge in [-0.3, -0.25) is 4.90 Å². The average Bonchev–Trinajstić information content (AvgIpc) is 2.33. The number of rotatable bonds is 3. The number of aliphatic hydroxyl groups excluding tert-OH is 1. The molecule has 1 aromatic rings. The van der Waals surface area contributed by atoms with E-state index in [4.69, 9.17) is 4.74 Å².